The Morgan fingerprint density at radius 3 is 2.32 bits per heavy atom. The van der Waals surface area contributed by atoms with E-state index in [1.165, 1.54) is 11.1 Å². The number of hydrogen-bond donors (Lipinski definition) is 3. The van der Waals surface area contributed by atoms with Crippen LogP contribution in [0, 0.1) is 6.92 Å². The van der Waals surface area contributed by atoms with Gasteiger partial charge in [0.25, 0.3) is 0 Å². The van der Waals surface area contributed by atoms with E-state index < -0.39 is 18.3 Å². The molecule has 2 atom stereocenters. The summed E-state index contributed by atoms with van der Waals surface area (Å²) in [5.74, 6) is -0.00214. The van der Waals surface area contributed by atoms with Crippen molar-refractivity contribution < 1.29 is 19.7 Å². The minimum absolute atomic E-state index is 0.00214. The number of pyridine rings is 1. The first kappa shape index (κ1) is 21.0. The standard InChI is InChI=1S/C25H26N2O4/c1-16-7-6-13-26-23(16)24(29)22(28)12-14-27-25(30)31-15-21-19-10-4-2-8-17(19)18-9-3-5-11-20(18)21/h2-11,13,21-22,24,28-29H,12,14-15H2,1H3,(H,27,30). The predicted molar refractivity (Wildman–Crippen MR) is 118 cm³/mol. The first-order valence-electron chi connectivity index (χ1n) is 10.4. The Bertz CT molecular complexity index is 1020. The van der Waals surface area contributed by atoms with Gasteiger partial charge in [-0.2, -0.15) is 0 Å². The van der Waals surface area contributed by atoms with Gasteiger partial charge in [0.05, 0.1) is 11.8 Å². The highest BCUT2D eigenvalue weighted by Crippen LogP contribution is 2.44. The van der Waals surface area contributed by atoms with Gasteiger partial charge in [-0.1, -0.05) is 54.6 Å². The molecule has 1 aliphatic carbocycles. The number of aryl methyl sites for hydroxylation is 1. The molecule has 31 heavy (non-hydrogen) atoms. The SMILES string of the molecule is Cc1cccnc1C(O)C(O)CCNC(=O)OCC1c2ccccc2-c2ccccc21. The van der Waals surface area contributed by atoms with E-state index in [-0.39, 0.29) is 25.5 Å². The molecule has 2 aromatic carbocycles. The second kappa shape index (κ2) is 9.29. The number of aliphatic hydroxyl groups excluding tert-OH is 2. The molecule has 0 saturated carbocycles. The molecule has 0 spiro atoms. The number of hydrogen-bond acceptors (Lipinski definition) is 5. The second-order valence-electron chi connectivity index (χ2n) is 7.76. The molecule has 0 fully saturated rings. The molecule has 4 rings (SSSR count). The monoisotopic (exact) mass is 418 g/mol. The van der Waals surface area contributed by atoms with Crippen LogP contribution in [0.15, 0.2) is 66.9 Å². The maximum atomic E-state index is 12.2. The number of carbonyl (C=O) groups is 1. The molecule has 3 aromatic rings. The summed E-state index contributed by atoms with van der Waals surface area (Å²) in [4.78, 5) is 16.3. The highest BCUT2D eigenvalue weighted by Gasteiger charge is 2.29. The van der Waals surface area contributed by atoms with Gasteiger partial charge < -0.3 is 20.3 Å². The summed E-state index contributed by atoms with van der Waals surface area (Å²) in [6.07, 6.45) is -0.931. The molecule has 0 aliphatic heterocycles. The molecule has 0 radical (unpaired) electrons. The molecule has 1 aliphatic rings. The normalized spacial score (nSPS) is 14.4. The van der Waals surface area contributed by atoms with Crippen molar-refractivity contribution in [1.29, 1.82) is 0 Å². The van der Waals surface area contributed by atoms with Crippen molar-refractivity contribution in [2.75, 3.05) is 13.2 Å². The maximum absolute atomic E-state index is 12.2. The third-order valence-corrected chi connectivity index (χ3v) is 5.75. The minimum atomic E-state index is -1.11. The number of ether oxygens (including phenoxy) is 1. The van der Waals surface area contributed by atoms with Crippen LogP contribution in [-0.4, -0.2) is 40.5 Å². The van der Waals surface area contributed by atoms with Crippen LogP contribution >= 0.6 is 0 Å². The third-order valence-electron chi connectivity index (χ3n) is 5.75. The molecular formula is C25H26N2O4. The summed E-state index contributed by atoms with van der Waals surface area (Å²) in [6.45, 7) is 2.24. The molecule has 6 nitrogen and oxygen atoms in total. The van der Waals surface area contributed by atoms with E-state index in [1.807, 2.05) is 37.3 Å². The molecule has 2 unspecified atom stereocenters. The number of nitrogens with one attached hydrogen (secondary N) is 1. The van der Waals surface area contributed by atoms with E-state index in [1.54, 1.807) is 12.3 Å². The Kier molecular flexibility index (Phi) is 6.30. The zero-order valence-electron chi connectivity index (χ0n) is 17.4. The smallest absolute Gasteiger partial charge is 0.407 e. The Balaban J connectivity index is 1.29. The molecular weight excluding hydrogens is 392 g/mol. The molecule has 160 valence electrons. The highest BCUT2D eigenvalue weighted by atomic mass is 16.5. The summed E-state index contributed by atoms with van der Waals surface area (Å²) < 4.78 is 5.48. The highest BCUT2D eigenvalue weighted by molar-refractivity contribution is 5.79. The number of benzene rings is 2. The number of carbonyl (C=O) groups excluding carboxylic acids is 1. The van der Waals surface area contributed by atoms with E-state index in [0.717, 1.165) is 16.7 Å². The van der Waals surface area contributed by atoms with Gasteiger partial charge in [-0.25, -0.2) is 4.79 Å². The Labute approximate surface area is 181 Å². The first-order valence-corrected chi connectivity index (χ1v) is 10.4. The van der Waals surface area contributed by atoms with E-state index in [2.05, 4.69) is 34.6 Å². The van der Waals surface area contributed by atoms with Crippen LogP contribution in [0.3, 0.4) is 0 Å². The summed E-state index contributed by atoms with van der Waals surface area (Å²) in [5.41, 5.74) is 5.90. The first-order chi connectivity index (χ1) is 15.1. The largest absolute Gasteiger partial charge is 0.449 e. The van der Waals surface area contributed by atoms with Gasteiger partial charge in [-0.15, -0.1) is 0 Å². The average molecular weight is 418 g/mol. The summed E-state index contributed by atoms with van der Waals surface area (Å²) in [5, 5.41) is 23.2. The van der Waals surface area contributed by atoms with E-state index >= 15 is 0 Å². The molecule has 6 heteroatoms. The zero-order valence-corrected chi connectivity index (χ0v) is 17.4. The summed E-state index contributed by atoms with van der Waals surface area (Å²) in [7, 11) is 0. The summed E-state index contributed by atoms with van der Waals surface area (Å²) >= 11 is 0. The van der Waals surface area contributed by atoms with E-state index in [4.69, 9.17) is 4.74 Å². The van der Waals surface area contributed by atoms with Gasteiger partial charge in [0.15, 0.2) is 0 Å². The van der Waals surface area contributed by atoms with Crippen molar-refractivity contribution in [2.24, 2.45) is 0 Å². The number of aliphatic hydroxyl groups is 2. The van der Waals surface area contributed by atoms with Gasteiger partial charge in [0.2, 0.25) is 0 Å². The van der Waals surface area contributed by atoms with Crippen LogP contribution in [0.1, 0.15) is 40.8 Å². The van der Waals surface area contributed by atoms with Crippen LogP contribution in [0.2, 0.25) is 0 Å². The molecule has 0 saturated heterocycles. The fourth-order valence-electron chi connectivity index (χ4n) is 4.12. The summed E-state index contributed by atoms with van der Waals surface area (Å²) in [6, 6.07) is 19.9. The number of aromatic nitrogens is 1. The molecule has 1 heterocycles. The van der Waals surface area contributed by atoms with Crippen LogP contribution in [-0.2, 0) is 4.74 Å². The van der Waals surface area contributed by atoms with Crippen molar-refractivity contribution in [1.82, 2.24) is 10.3 Å². The number of nitrogens with zero attached hydrogens (tertiary/aromatic N) is 1. The number of rotatable bonds is 7. The Morgan fingerprint density at radius 2 is 1.68 bits per heavy atom. The number of amides is 1. The van der Waals surface area contributed by atoms with Gasteiger partial charge in [0.1, 0.15) is 12.7 Å². The lowest BCUT2D eigenvalue weighted by Gasteiger charge is -2.19. The lowest BCUT2D eigenvalue weighted by molar-refractivity contribution is 0.0108. The zero-order chi connectivity index (χ0) is 21.8. The topological polar surface area (TPSA) is 91.7 Å². The molecule has 1 amide bonds. The van der Waals surface area contributed by atoms with Gasteiger partial charge in [-0.05, 0) is 47.2 Å². The van der Waals surface area contributed by atoms with Gasteiger partial charge in [-0.3, -0.25) is 4.98 Å². The quantitative estimate of drug-likeness (QED) is 0.544. The van der Waals surface area contributed by atoms with E-state index in [9.17, 15) is 15.0 Å². The van der Waals surface area contributed by atoms with Crippen LogP contribution in [0.5, 0.6) is 0 Å². The van der Waals surface area contributed by atoms with Crippen molar-refractivity contribution in [3.63, 3.8) is 0 Å². The van der Waals surface area contributed by atoms with Crippen molar-refractivity contribution >= 4 is 6.09 Å². The van der Waals surface area contributed by atoms with Gasteiger partial charge in [0, 0.05) is 18.7 Å². The fourth-order valence-corrected chi connectivity index (χ4v) is 4.12. The lowest BCUT2D eigenvalue weighted by Crippen LogP contribution is -2.31. The minimum Gasteiger partial charge on any atom is -0.449 e. The van der Waals surface area contributed by atoms with Crippen LogP contribution < -0.4 is 5.32 Å². The Hall–Kier alpha value is -3.22. The average Bonchev–Trinajstić information content (AvgIpc) is 3.11. The fraction of sp³-hybridized carbons (Fsp3) is 0.280. The Morgan fingerprint density at radius 1 is 1.03 bits per heavy atom. The molecule has 1 aromatic heterocycles. The van der Waals surface area contributed by atoms with Crippen LogP contribution in [0.25, 0.3) is 11.1 Å². The second-order valence-corrected chi connectivity index (χ2v) is 7.76. The predicted octanol–water partition coefficient (Wildman–Crippen LogP) is 3.71. The van der Waals surface area contributed by atoms with Gasteiger partial charge >= 0.3 is 6.09 Å². The maximum Gasteiger partial charge on any atom is 0.407 e. The van der Waals surface area contributed by atoms with Crippen LogP contribution in [0.4, 0.5) is 4.79 Å². The number of fused-ring (bicyclic) bond motifs is 3. The molecule has 3 N–H and O–H groups in total. The van der Waals surface area contributed by atoms with E-state index in [0.29, 0.717) is 5.69 Å². The van der Waals surface area contributed by atoms with Crippen molar-refractivity contribution in [3.8, 4) is 11.1 Å². The number of alkyl carbamates (subject to hydrolysis) is 1. The molecule has 0 bridgehead atoms. The third kappa shape index (κ3) is 4.45. The lowest BCUT2D eigenvalue weighted by atomic mass is 9.98. The van der Waals surface area contributed by atoms with Crippen molar-refractivity contribution in [2.45, 2.75) is 31.5 Å². The van der Waals surface area contributed by atoms with Crippen molar-refractivity contribution in [3.05, 3.63) is 89.2 Å².